The van der Waals surface area contributed by atoms with Gasteiger partial charge in [-0.3, -0.25) is 19.2 Å². The summed E-state index contributed by atoms with van der Waals surface area (Å²) in [6, 6.07) is -2.70. The first-order valence-corrected chi connectivity index (χ1v) is 15.2. The SMILES string of the molecule is CC(C)C[C@@H](N)C(=O)N[C@H]1CCN(C(=O)[C@@H]2C[C@H](SC3=C(C(=O)O)N4C(=O)[C@H]([C@@H](C)NC(=O)C(F)F)[C@H]4[C@H]3C)CN2)C1. The molecule has 3 fully saturated rings. The van der Waals surface area contributed by atoms with E-state index in [0.717, 1.165) is 0 Å². The molecule has 3 saturated heterocycles. The van der Waals surface area contributed by atoms with Gasteiger partial charge in [0, 0.05) is 47.8 Å². The molecule has 0 saturated carbocycles. The number of hydrogen-bond donors (Lipinski definition) is 5. The van der Waals surface area contributed by atoms with Crippen molar-refractivity contribution in [3.05, 3.63) is 10.6 Å². The largest absolute Gasteiger partial charge is 0.477 e. The van der Waals surface area contributed by atoms with Gasteiger partial charge in [-0.15, -0.1) is 11.8 Å². The maximum absolute atomic E-state index is 13.3. The van der Waals surface area contributed by atoms with Crippen molar-refractivity contribution in [3.63, 3.8) is 0 Å². The molecule has 12 nitrogen and oxygen atoms in total. The Balaban J connectivity index is 1.34. The van der Waals surface area contributed by atoms with Crippen LogP contribution in [0, 0.1) is 17.8 Å². The summed E-state index contributed by atoms with van der Waals surface area (Å²) in [7, 11) is 0. The van der Waals surface area contributed by atoms with Crippen LogP contribution in [0.15, 0.2) is 10.6 Å². The van der Waals surface area contributed by atoms with E-state index in [0.29, 0.717) is 49.7 Å². The highest BCUT2D eigenvalue weighted by molar-refractivity contribution is 8.03. The molecule has 0 radical (unpaired) electrons. The van der Waals surface area contributed by atoms with Gasteiger partial charge < -0.3 is 36.6 Å². The molecule has 4 rings (SSSR count). The minimum absolute atomic E-state index is 0.0871. The maximum atomic E-state index is 13.3. The molecular formula is C27H40F2N6O6S. The number of likely N-dealkylation sites (tertiary alicyclic amines) is 1. The Morgan fingerprint density at radius 3 is 2.50 bits per heavy atom. The highest BCUT2D eigenvalue weighted by atomic mass is 32.2. The second kappa shape index (κ2) is 12.8. The van der Waals surface area contributed by atoms with Gasteiger partial charge in [-0.1, -0.05) is 20.8 Å². The number of carbonyl (C=O) groups excluding carboxylic acids is 4. The molecule has 0 aromatic carbocycles. The average molecular weight is 615 g/mol. The summed E-state index contributed by atoms with van der Waals surface area (Å²) in [6.07, 6.45) is -1.57. The molecule has 42 heavy (non-hydrogen) atoms. The van der Waals surface area contributed by atoms with Gasteiger partial charge in [-0.2, -0.15) is 8.78 Å². The third-order valence-electron chi connectivity index (χ3n) is 8.49. The second-order valence-electron chi connectivity index (χ2n) is 12.1. The van der Waals surface area contributed by atoms with Crippen molar-refractivity contribution in [2.75, 3.05) is 19.6 Å². The lowest BCUT2D eigenvalue weighted by atomic mass is 9.78. The third-order valence-corrected chi connectivity index (χ3v) is 10.0. The molecule has 4 heterocycles. The number of halogens is 2. The summed E-state index contributed by atoms with van der Waals surface area (Å²) >= 11 is 1.32. The van der Waals surface area contributed by atoms with Crippen molar-refractivity contribution in [1.82, 2.24) is 25.8 Å². The van der Waals surface area contributed by atoms with Crippen molar-refractivity contribution >= 4 is 41.4 Å². The van der Waals surface area contributed by atoms with Crippen LogP contribution in [0.25, 0.3) is 0 Å². The van der Waals surface area contributed by atoms with Crippen LogP contribution in [0.1, 0.15) is 47.0 Å². The number of alkyl halides is 2. The van der Waals surface area contributed by atoms with E-state index < -0.39 is 60.2 Å². The first-order valence-electron chi connectivity index (χ1n) is 14.3. The standard InChI is InChI=1S/C27H40F2N6O6S/c1-11(2)7-16(30)23(36)33-14-5-6-34(10-14)25(38)17-8-15(9-31-17)42-21-12(3)19-18(13(4)32-24(37)22(28)29)26(39)35(19)20(21)27(40)41/h11-19,22,31H,5-10,30H2,1-4H3,(H,32,37)(H,33,36)(H,40,41)/t12-,13-,14+,15+,16-,17+,18-,19-/m1/s1. The normalized spacial score (nSPS) is 30.5. The van der Waals surface area contributed by atoms with Gasteiger partial charge in [-0.05, 0) is 32.1 Å². The molecule has 8 atom stereocenters. The first-order chi connectivity index (χ1) is 19.7. The fraction of sp³-hybridized carbons (Fsp3) is 0.741. The molecular weight excluding hydrogens is 574 g/mol. The van der Waals surface area contributed by atoms with Crippen LogP contribution in [0.4, 0.5) is 8.78 Å². The molecule has 0 spiro atoms. The number of β-lactam (4-membered cyclic amide) rings is 1. The Bertz CT molecular complexity index is 1150. The van der Waals surface area contributed by atoms with E-state index in [9.17, 15) is 37.9 Å². The van der Waals surface area contributed by atoms with Gasteiger partial charge in [0.15, 0.2) is 0 Å². The minimum Gasteiger partial charge on any atom is -0.477 e. The Morgan fingerprint density at radius 2 is 1.88 bits per heavy atom. The van der Waals surface area contributed by atoms with Gasteiger partial charge >= 0.3 is 12.4 Å². The number of nitrogens with zero attached hydrogens (tertiary/aromatic N) is 2. The number of carboxylic acids is 1. The van der Waals surface area contributed by atoms with E-state index in [1.807, 2.05) is 13.8 Å². The van der Waals surface area contributed by atoms with Crippen LogP contribution < -0.4 is 21.7 Å². The Hall–Kier alpha value is -2.78. The van der Waals surface area contributed by atoms with E-state index in [4.69, 9.17) is 5.73 Å². The van der Waals surface area contributed by atoms with E-state index in [1.54, 1.807) is 11.8 Å². The Kier molecular flexibility index (Phi) is 9.82. The second-order valence-corrected chi connectivity index (χ2v) is 13.4. The Labute approximate surface area is 247 Å². The number of carboxylic acid groups (broad SMARTS) is 1. The molecule has 0 bridgehead atoms. The number of aliphatic carboxylic acids is 1. The summed E-state index contributed by atoms with van der Waals surface area (Å²) in [4.78, 5) is 65.7. The lowest BCUT2D eigenvalue weighted by Gasteiger charge is -2.47. The molecule has 0 aliphatic carbocycles. The van der Waals surface area contributed by atoms with Gasteiger partial charge in [0.05, 0.1) is 24.0 Å². The highest BCUT2D eigenvalue weighted by Crippen LogP contribution is 2.51. The summed E-state index contributed by atoms with van der Waals surface area (Å²) in [5.41, 5.74) is 5.85. The number of rotatable bonds is 11. The van der Waals surface area contributed by atoms with Crippen molar-refractivity contribution in [2.24, 2.45) is 23.5 Å². The number of carbonyl (C=O) groups is 5. The fourth-order valence-electron chi connectivity index (χ4n) is 6.46. The molecule has 0 unspecified atom stereocenters. The van der Waals surface area contributed by atoms with Crippen LogP contribution in [0.2, 0.25) is 0 Å². The number of nitrogens with one attached hydrogen (secondary N) is 3. The van der Waals surface area contributed by atoms with Crippen molar-refractivity contribution in [1.29, 1.82) is 0 Å². The van der Waals surface area contributed by atoms with Crippen LogP contribution in [0.5, 0.6) is 0 Å². The number of nitrogens with two attached hydrogens (primary N) is 1. The molecule has 0 aromatic rings. The monoisotopic (exact) mass is 614 g/mol. The zero-order chi connectivity index (χ0) is 31.0. The van der Waals surface area contributed by atoms with Crippen LogP contribution in [0.3, 0.4) is 0 Å². The van der Waals surface area contributed by atoms with Crippen LogP contribution in [-0.2, 0) is 24.0 Å². The summed E-state index contributed by atoms with van der Waals surface area (Å²) in [6.45, 7) is 8.58. The van der Waals surface area contributed by atoms with Crippen molar-refractivity contribution < 1.29 is 37.9 Å². The summed E-state index contributed by atoms with van der Waals surface area (Å²) < 4.78 is 25.5. The smallest absolute Gasteiger partial charge is 0.353 e. The predicted molar refractivity (Wildman–Crippen MR) is 150 cm³/mol. The minimum atomic E-state index is -3.22. The average Bonchev–Trinajstić information content (AvgIpc) is 3.61. The summed E-state index contributed by atoms with van der Waals surface area (Å²) in [5, 5.41) is 18.2. The van der Waals surface area contributed by atoms with E-state index in [-0.39, 0.29) is 28.8 Å². The molecule has 15 heteroatoms. The first kappa shape index (κ1) is 32.1. The number of fused-ring (bicyclic) bond motifs is 1. The number of thioether (sulfide) groups is 1. The fourth-order valence-corrected chi connectivity index (χ4v) is 7.93. The third kappa shape index (κ3) is 6.42. The van der Waals surface area contributed by atoms with Gasteiger partial charge in [0.25, 0.3) is 5.91 Å². The van der Waals surface area contributed by atoms with Gasteiger partial charge in [0.1, 0.15) is 5.70 Å². The lowest BCUT2D eigenvalue weighted by molar-refractivity contribution is -0.159. The number of amides is 4. The summed E-state index contributed by atoms with van der Waals surface area (Å²) in [5.74, 6) is -4.50. The molecule has 234 valence electrons. The predicted octanol–water partition coefficient (Wildman–Crippen LogP) is 0.0833. The van der Waals surface area contributed by atoms with E-state index in [1.165, 1.54) is 23.6 Å². The topological polar surface area (TPSA) is 174 Å². The van der Waals surface area contributed by atoms with Gasteiger partial charge in [0.2, 0.25) is 17.7 Å². The van der Waals surface area contributed by atoms with Crippen molar-refractivity contribution in [3.8, 4) is 0 Å². The van der Waals surface area contributed by atoms with Gasteiger partial charge in [-0.25, -0.2) is 4.79 Å². The molecule has 4 aliphatic rings. The maximum Gasteiger partial charge on any atom is 0.353 e. The van der Waals surface area contributed by atoms with E-state index in [2.05, 4.69) is 16.0 Å². The Morgan fingerprint density at radius 1 is 1.19 bits per heavy atom. The van der Waals surface area contributed by atoms with Crippen LogP contribution >= 0.6 is 11.8 Å². The molecule has 4 aliphatic heterocycles. The van der Waals surface area contributed by atoms with Crippen LogP contribution in [-0.4, -0.2) is 106 Å². The lowest BCUT2D eigenvalue weighted by Crippen LogP contribution is -2.66. The molecule has 4 amide bonds. The number of hydrogen-bond acceptors (Lipinski definition) is 8. The zero-order valence-electron chi connectivity index (χ0n) is 24.1. The van der Waals surface area contributed by atoms with Crippen molar-refractivity contribution in [2.45, 2.75) is 88.8 Å². The highest BCUT2D eigenvalue weighted by Gasteiger charge is 2.60. The zero-order valence-corrected chi connectivity index (χ0v) is 25.0. The quantitative estimate of drug-likeness (QED) is 0.202. The van der Waals surface area contributed by atoms with E-state index >= 15 is 0 Å². The molecule has 0 aromatic heterocycles. The molecule has 6 N–H and O–H groups in total.